The molecule has 0 amide bonds. The van der Waals surface area contributed by atoms with Gasteiger partial charge in [-0.15, -0.1) is 0 Å². The Morgan fingerprint density at radius 2 is 2.12 bits per heavy atom. The quantitative estimate of drug-likeness (QED) is 0.843. The normalized spacial score (nSPS) is 12.4. The predicted molar refractivity (Wildman–Crippen MR) is 62.5 cm³/mol. The SMILES string of the molecule is CCC(C#N)(CC)NS(=O)(=O)c1ccnn1C. The fraction of sp³-hybridized carbons (Fsp3) is 0.600. The molecular weight excluding hydrogens is 240 g/mol. The van der Waals surface area contributed by atoms with Crippen LogP contribution in [0.15, 0.2) is 17.3 Å². The average Bonchev–Trinajstić information content (AvgIpc) is 2.73. The van der Waals surface area contributed by atoms with Gasteiger partial charge in [-0.05, 0) is 18.9 Å². The van der Waals surface area contributed by atoms with E-state index in [1.54, 1.807) is 20.9 Å². The summed E-state index contributed by atoms with van der Waals surface area (Å²) >= 11 is 0. The smallest absolute Gasteiger partial charge is 0.256 e. The van der Waals surface area contributed by atoms with Crippen LogP contribution in [0.25, 0.3) is 0 Å². The number of nitriles is 1. The summed E-state index contributed by atoms with van der Waals surface area (Å²) in [6.45, 7) is 3.55. The summed E-state index contributed by atoms with van der Waals surface area (Å²) in [5.74, 6) is 0. The number of aromatic nitrogens is 2. The van der Waals surface area contributed by atoms with E-state index in [1.807, 2.05) is 6.07 Å². The van der Waals surface area contributed by atoms with E-state index < -0.39 is 15.6 Å². The van der Waals surface area contributed by atoms with Crippen LogP contribution in [0.3, 0.4) is 0 Å². The first-order valence-corrected chi connectivity index (χ1v) is 6.82. The number of rotatable bonds is 5. The Morgan fingerprint density at radius 3 is 2.47 bits per heavy atom. The van der Waals surface area contributed by atoms with E-state index in [-0.39, 0.29) is 5.03 Å². The van der Waals surface area contributed by atoms with Crippen LogP contribution in [-0.4, -0.2) is 23.7 Å². The molecule has 0 aliphatic rings. The third-order valence-corrected chi connectivity index (χ3v) is 4.41. The number of nitrogens with zero attached hydrogens (tertiary/aromatic N) is 3. The molecule has 0 unspecified atom stereocenters. The summed E-state index contributed by atoms with van der Waals surface area (Å²) < 4.78 is 27.9. The monoisotopic (exact) mass is 256 g/mol. The number of sulfonamides is 1. The molecule has 1 heterocycles. The molecule has 0 aliphatic heterocycles. The third kappa shape index (κ3) is 2.65. The highest BCUT2D eigenvalue weighted by molar-refractivity contribution is 7.89. The van der Waals surface area contributed by atoms with Crippen LogP contribution in [0.1, 0.15) is 26.7 Å². The molecule has 0 radical (unpaired) electrons. The minimum atomic E-state index is -3.71. The van der Waals surface area contributed by atoms with Crippen molar-refractivity contribution in [3.8, 4) is 6.07 Å². The lowest BCUT2D eigenvalue weighted by Crippen LogP contribution is -2.46. The number of nitrogens with one attached hydrogen (secondary N) is 1. The Morgan fingerprint density at radius 1 is 1.53 bits per heavy atom. The minimum Gasteiger partial charge on any atom is -0.256 e. The minimum absolute atomic E-state index is 0.0547. The second kappa shape index (κ2) is 4.85. The van der Waals surface area contributed by atoms with Crippen LogP contribution in [0.4, 0.5) is 0 Å². The van der Waals surface area contributed by atoms with Gasteiger partial charge in [-0.25, -0.2) is 8.42 Å². The Labute approximate surface area is 101 Å². The van der Waals surface area contributed by atoms with E-state index in [0.717, 1.165) is 0 Å². The molecule has 0 bridgehead atoms. The zero-order valence-electron chi connectivity index (χ0n) is 10.1. The van der Waals surface area contributed by atoms with Gasteiger partial charge in [0.2, 0.25) is 0 Å². The van der Waals surface area contributed by atoms with Gasteiger partial charge in [0, 0.05) is 7.05 Å². The van der Waals surface area contributed by atoms with E-state index in [0.29, 0.717) is 12.8 Å². The van der Waals surface area contributed by atoms with E-state index in [2.05, 4.69) is 9.82 Å². The highest BCUT2D eigenvalue weighted by Gasteiger charge is 2.33. The molecule has 1 rings (SSSR count). The Bertz CT molecular complexity index is 523. The van der Waals surface area contributed by atoms with Gasteiger partial charge in [-0.2, -0.15) is 15.1 Å². The van der Waals surface area contributed by atoms with Crippen LogP contribution in [0, 0.1) is 11.3 Å². The predicted octanol–water partition coefficient (Wildman–Crippen LogP) is 0.781. The molecular formula is C10H16N4O2S. The first-order chi connectivity index (χ1) is 7.90. The summed E-state index contributed by atoms with van der Waals surface area (Å²) in [5, 5.41) is 13.0. The summed E-state index contributed by atoms with van der Waals surface area (Å²) in [6.07, 6.45) is 2.23. The van der Waals surface area contributed by atoms with Gasteiger partial charge in [0.25, 0.3) is 10.0 Å². The Balaban J connectivity index is 3.11. The maximum Gasteiger partial charge on any atom is 0.259 e. The lowest BCUT2D eigenvalue weighted by atomic mass is 9.97. The highest BCUT2D eigenvalue weighted by Crippen LogP contribution is 2.18. The molecule has 6 nitrogen and oxygen atoms in total. The molecule has 0 fully saturated rings. The van der Waals surface area contributed by atoms with Gasteiger partial charge in [0.15, 0.2) is 5.03 Å². The zero-order chi connectivity index (χ0) is 13.1. The summed E-state index contributed by atoms with van der Waals surface area (Å²) in [5.41, 5.74) is -1.05. The molecule has 94 valence electrons. The maximum absolute atomic E-state index is 12.1. The van der Waals surface area contributed by atoms with Crippen LogP contribution >= 0.6 is 0 Å². The lowest BCUT2D eigenvalue weighted by molar-refractivity contribution is 0.443. The molecule has 0 aromatic carbocycles. The first-order valence-electron chi connectivity index (χ1n) is 5.34. The average molecular weight is 256 g/mol. The van der Waals surface area contributed by atoms with Crippen molar-refractivity contribution in [1.29, 1.82) is 5.26 Å². The van der Waals surface area contributed by atoms with Gasteiger partial charge in [-0.1, -0.05) is 13.8 Å². The van der Waals surface area contributed by atoms with Crippen molar-refractivity contribution in [2.24, 2.45) is 7.05 Å². The van der Waals surface area contributed by atoms with Crippen LogP contribution in [-0.2, 0) is 17.1 Å². The van der Waals surface area contributed by atoms with Crippen molar-refractivity contribution in [1.82, 2.24) is 14.5 Å². The molecule has 1 N–H and O–H groups in total. The maximum atomic E-state index is 12.1. The van der Waals surface area contributed by atoms with Gasteiger partial charge < -0.3 is 0 Å². The molecule has 0 spiro atoms. The van der Waals surface area contributed by atoms with Crippen molar-refractivity contribution in [3.05, 3.63) is 12.3 Å². The number of hydrogen-bond acceptors (Lipinski definition) is 4. The van der Waals surface area contributed by atoms with Crippen molar-refractivity contribution >= 4 is 10.0 Å². The van der Waals surface area contributed by atoms with Gasteiger partial charge in [0.05, 0.1) is 12.3 Å². The van der Waals surface area contributed by atoms with Gasteiger partial charge in [-0.3, -0.25) is 4.68 Å². The van der Waals surface area contributed by atoms with Gasteiger partial charge >= 0.3 is 0 Å². The van der Waals surface area contributed by atoms with E-state index in [9.17, 15) is 8.42 Å². The van der Waals surface area contributed by atoms with Crippen molar-refractivity contribution < 1.29 is 8.42 Å². The van der Waals surface area contributed by atoms with Gasteiger partial charge in [0.1, 0.15) is 5.54 Å². The highest BCUT2D eigenvalue weighted by atomic mass is 32.2. The molecule has 0 saturated heterocycles. The van der Waals surface area contributed by atoms with E-state index >= 15 is 0 Å². The van der Waals surface area contributed by atoms with Crippen molar-refractivity contribution in [2.75, 3.05) is 0 Å². The molecule has 1 aromatic rings. The van der Waals surface area contributed by atoms with Crippen LogP contribution < -0.4 is 4.72 Å². The zero-order valence-corrected chi connectivity index (χ0v) is 11.0. The standard InChI is InChI=1S/C10H16N4O2S/c1-4-10(5-2,8-11)13-17(15,16)9-6-7-12-14(9)3/h6-7,13H,4-5H2,1-3H3. The number of aryl methyl sites for hydroxylation is 1. The third-order valence-electron chi connectivity index (χ3n) is 2.80. The Hall–Kier alpha value is -1.39. The molecule has 17 heavy (non-hydrogen) atoms. The fourth-order valence-electron chi connectivity index (χ4n) is 1.51. The lowest BCUT2D eigenvalue weighted by Gasteiger charge is -2.24. The summed E-state index contributed by atoms with van der Waals surface area (Å²) in [4.78, 5) is 0. The molecule has 0 aliphatic carbocycles. The van der Waals surface area contributed by atoms with Crippen molar-refractivity contribution in [2.45, 2.75) is 37.3 Å². The van der Waals surface area contributed by atoms with E-state index in [1.165, 1.54) is 16.9 Å². The second-order valence-electron chi connectivity index (χ2n) is 3.80. The summed E-state index contributed by atoms with van der Waals surface area (Å²) in [7, 11) is -2.17. The fourth-order valence-corrected chi connectivity index (χ4v) is 3.10. The summed E-state index contributed by atoms with van der Waals surface area (Å²) in [6, 6.07) is 3.43. The first kappa shape index (κ1) is 13.7. The van der Waals surface area contributed by atoms with Crippen LogP contribution in [0.5, 0.6) is 0 Å². The van der Waals surface area contributed by atoms with Crippen molar-refractivity contribution in [3.63, 3.8) is 0 Å². The van der Waals surface area contributed by atoms with E-state index in [4.69, 9.17) is 5.26 Å². The largest absolute Gasteiger partial charge is 0.259 e. The van der Waals surface area contributed by atoms with Crippen LogP contribution in [0.2, 0.25) is 0 Å². The molecule has 1 aromatic heterocycles. The molecule has 0 saturated carbocycles. The Kier molecular flexibility index (Phi) is 3.91. The topological polar surface area (TPSA) is 87.8 Å². The molecule has 7 heteroatoms. The molecule has 0 atom stereocenters. The second-order valence-corrected chi connectivity index (χ2v) is 5.43. The number of hydrogen-bond donors (Lipinski definition) is 1.